The molecule has 0 radical (unpaired) electrons. The van der Waals surface area contributed by atoms with Gasteiger partial charge in [0.05, 0.1) is 0 Å². The summed E-state index contributed by atoms with van der Waals surface area (Å²) in [5.74, 6) is -0.708. The SMILES string of the molecule is Cc1ccc(S(=O)(=O)NC2CCC(N)CC2)c(F)c1. The molecule has 1 aliphatic rings. The lowest BCUT2D eigenvalue weighted by atomic mass is 9.93. The van der Waals surface area contributed by atoms with E-state index in [1.807, 2.05) is 0 Å². The normalized spacial score (nSPS) is 24.4. The van der Waals surface area contributed by atoms with Gasteiger partial charge in [0.25, 0.3) is 0 Å². The van der Waals surface area contributed by atoms with Gasteiger partial charge < -0.3 is 5.73 Å². The third-order valence-electron chi connectivity index (χ3n) is 3.47. The fourth-order valence-electron chi connectivity index (χ4n) is 2.34. The number of benzene rings is 1. The molecule has 0 spiro atoms. The summed E-state index contributed by atoms with van der Waals surface area (Å²) in [6.45, 7) is 1.72. The van der Waals surface area contributed by atoms with Crippen LogP contribution in [0.1, 0.15) is 31.2 Å². The molecule has 1 aromatic carbocycles. The molecule has 4 nitrogen and oxygen atoms in total. The highest BCUT2D eigenvalue weighted by atomic mass is 32.2. The predicted molar refractivity (Wildman–Crippen MR) is 71.7 cm³/mol. The molecule has 0 amide bonds. The van der Waals surface area contributed by atoms with Crippen LogP contribution in [0, 0.1) is 12.7 Å². The van der Waals surface area contributed by atoms with Crippen LogP contribution in [0.4, 0.5) is 4.39 Å². The Kier molecular flexibility index (Phi) is 4.23. The second kappa shape index (κ2) is 5.56. The van der Waals surface area contributed by atoms with Gasteiger partial charge >= 0.3 is 0 Å². The van der Waals surface area contributed by atoms with Crippen molar-refractivity contribution < 1.29 is 12.8 Å². The first-order chi connectivity index (χ1) is 8.88. The quantitative estimate of drug-likeness (QED) is 0.888. The highest BCUT2D eigenvalue weighted by Crippen LogP contribution is 2.21. The number of rotatable bonds is 3. The topological polar surface area (TPSA) is 72.2 Å². The third-order valence-corrected chi connectivity index (χ3v) is 5.02. The molecule has 1 aromatic rings. The largest absolute Gasteiger partial charge is 0.328 e. The average molecular weight is 286 g/mol. The van der Waals surface area contributed by atoms with Gasteiger partial charge in [0, 0.05) is 12.1 Å². The van der Waals surface area contributed by atoms with Crippen molar-refractivity contribution in [3.63, 3.8) is 0 Å². The number of sulfonamides is 1. The highest BCUT2D eigenvalue weighted by Gasteiger charge is 2.26. The summed E-state index contributed by atoms with van der Waals surface area (Å²) in [5, 5.41) is 0. The van der Waals surface area contributed by atoms with Crippen LogP contribution < -0.4 is 10.5 Å². The molecular formula is C13H19FN2O2S. The van der Waals surface area contributed by atoms with Gasteiger partial charge in [0.15, 0.2) is 0 Å². The number of nitrogens with two attached hydrogens (primary N) is 1. The fraction of sp³-hybridized carbons (Fsp3) is 0.538. The number of nitrogens with one attached hydrogen (secondary N) is 1. The molecule has 6 heteroatoms. The van der Waals surface area contributed by atoms with Gasteiger partial charge in [-0.25, -0.2) is 17.5 Å². The van der Waals surface area contributed by atoms with Crippen LogP contribution in [-0.2, 0) is 10.0 Å². The van der Waals surface area contributed by atoms with Crippen molar-refractivity contribution >= 4 is 10.0 Å². The average Bonchev–Trinajstić information content (AvgIpc) is 2.31. The van der Waals surface area contributed by atoms with Crippen LogP contribution in [0.25, 0.3) is 0 Å². The molecule has 0 atom stereocenters. The van der Waals surface area contributed by atoms with E-state index in [1.54, 1.807) is 13.0 Å². The van der Waals surface area contributed by atoms with Crippen molar-refractivity contribution in [2.24, 2.45) is 5.73 Å². The first-order valence-corrected chi connectivity index (χ1v) is 7.91. The molecule has 3 N–H and O–H groups in total. The van der Waals surface area contributed by atoms with E-state index >= 15 is 0 Å². The number of halogens is 1. The van der Waals surface area contributed by atoms with Crippen molar-refractivity contribution in [1.29, 1.82) is 0 Å². The zero-order chi connectivity index (χ0) is 14.0. The molecule has 19 heavy (non-hydrogen) atoms. The first-order valence-electron chi connectivity index (χ1n) is 6.42. The van der Waals surface area contributed by atoms with E-state index in [4.69, 9.17) is 5.73 Å². The smallest absolute Gasteiger partial charge is 0.243 e. The van der Waals surface area contributed by atoms with Crippen LogP contribution in [0.3, 0.4) is 0 Å². The maximum Gasteiger partial charge on any atom is 0.243 e. The van der Waals surface area contributed by atoms with E-state index in [9.17, 15) is 12.8 Å². The molecular weight excluding hydrogens is 267 g/mol. The summed E-state index contributed by atoms with van der Waals surface area (Å²) in [4.78, 5) is -0.284. The molecule has 0 unspecified atom stereocenters. The van der Waals surface area contributed by atoms with E-state index in [0.29, 0.717) is 18.4 Å². The maximum absolute atomic E-state index is 13.7. The van der Waals surface area contributed by atoms with Gasteiger partial charge in [-0.05, 0) is 50.3 Å². The Labute approximate surface area is 113 Å². The van der Waals surface area contributed by atoms with Crippen molar-refractivity contribution in [3.8, 4) is 0 Å². The second-order valence-electron chi connectivity index (χ2n) is 5.17. The van der Waals surface area contributed by atoms with E-state index in [2.05, 4.69) is 4.72 Å². The Bertz CT molecular complexity index is 552. The minimum absolute atomic E-state index is 0.148. The number of hydrogen-bond acceptors (Lipinski definition) is 3. The molecule has 0 aromatic heterocycles. The van der Waals surface area contributed by atoms with Crippen molar-refractivity contribution in [1.82, 2.24) is 4.72 Å². The van der Waals surface area contributed by atoms with E-state index in [0.717, 1.165) is 12.8 Å². The van der Waals surface area contributed by atoms with Crippen molar-refractivity contribution in [2.45, 2.75) is 49.6 Å². The van der Waals surface area contributed by atoms with E-state index in [-0.39, 0.29) is 17.0 Å². The Hall–Kier alpha value is -0.980. The predicted octanol–water partition coefficient (Wildman–Crippen LogP) is 1.68. The fourth-order valence-corrected chi connectivity index (χ4v) is 3.71. The van der Waals surface area contributed by atoms with Crippen molar-refractivity contribution in [3.05, 3.63) is 29.6 Å². The maximum atomic E-state index is 13.7. The number of hydrogen-bond donors (Lipinski definition) is 2. The molecule has 2 rings (SSSR count). The Morgan fingerprint density at radius 3 is 2.47 bits per heavy atom. The monoisotopic (exact) mass is 286 g/mol. The molecule has 106 valence electrons. The van der Waals surface area contributed by atoms with Crippen LogP contribution >= 0.6 is 0 Å². The summed E-state index contributed by atoms with van der Waals surface area (Å²) in [7, 11) is -3.79. The van der Waals surface area contributed by atoms with Crippen LogP contribution in [0.5, 0.6) is 0 Å². The summed E-state index contributed by atoms with van der Waals surface area (Å²) < 4.78 is 40.6. The summed E-state index contributed by atoms with van der Waals surface area (Å²) in [6.07, 6.45) is 2.99. The minimum Gasteiger partial charge on any atom is -0.328 e. The van der Waals surface area contributed by atoms with Gasteiger partial charge in [0.1, 0.15) is 10.7 Å². The lowest BCUT2D eigenvalue weighted by Gasteiger charge is -2.26. The molecule has 1 fully saturated rings. The third kappa shape index (κ3) is 3.52. The summed E-state index contributed by atoms with van der Waals surface area (Å²) >= 11 is 0. The molecule has 0 saturated heterocycles. The lowest BCUT2D eigenvalue weighted by Crippen LogP contribution is -2.40. The van der Waals surface area contributed by atoms with Gasteiger partial charge in [-0.1, -0.05) is 6.07 Å². The number of aryl methyl sites for hydroxylation is 1. The zero-order valence-electron chi connectivity index (χ0n) is 10.9. The summed E-state index contributed by atoms with van der Waals surface area (Å²) in [5.41, 5.74) is 6.47. The lowest BCUT2D eigenvalue weighted by molar-refractivity contribution is 0.373. The van der Waals surface area contributed by atoms with Gasteiger partial charge in [-0.15, -0.1) is 0 Å². The van der Waals surface area contributed by atoms with E-state index < -0.39 is 15.8 Å². The molecule has 0 bridgehead atoms. The Morgan fingerprint density at radius 2 is 1.89 bits per heavy atom. The first kappa shape index (κ1) is 14.4. The standard InChI is InChI=1S/C13H19FN2O2S/c1-9-2-7-13(12(14)8-9)19(17,18)16-11-5-3-10(15)4-6-11/h2,7-8,10-11,16H,3-6,15H2,1H3. The molecule has 1 saturated carbocycles. The van der Waals surface area contributed by atoms with Crippen LogP contribution in [-0.4, -0.2) is 20.5 Å². The Balaban J connectivity index is 2.14. The van der Waals surface area contributed by atoms with Crippen molar-refractivity contribution in [2.75, 3.05) is 0 Å². The highest BCUT2D eigenvalue weighted by molar-refractivity contribution is 7.89. The Morgan fingerprint density at radius 1 is 1.26 bits per heavy atom. The van der Waals surface area contributed by atoms with Crippen LogP contribution in [0.2, 0.25) is 0 Å². The molecule has 1 aliphatic carbocycles. The van der Waals surface area contributed by atoms with Crippen LogP contribution in [0.15, 0.2) is 23.1 Å². The summed E-state index contributed by atoms with van der Waals surface area (Å²) in [6, 6.07) is 4.13. The van der Waals surface area contributed by atoms with E-state index in [1.165, 1.54) is 12.1 Å². The van der Waals surface area contributed by atoms with Gasteiger partial charge in [-0.2, -0.15) is 0 Å². The minimum atomic E-state index is -3.79. The second-order valence-corrected chi connectivity index (χ2v) is 6.85. The molecule has 0 heterocycles. The molecule has 0 aliphatic heterocycles. The van der Waals surface area contributed by atoms with Gasteiger partial charge in [-0.3, -0.25) is 0 Å². The zero-order valence-corrected chi connectivity index (χ0v) is 11.7. The van der Waals surface area contributed by atoms with Gasteiger partial charge in [0.2, 0.25) is 10.0 Å².